The topological polar surface area (TPSA) is 75.5 Å². The largest absolute Gasteiger partial charge is 0.453 e. The molecule has 25 heavy (non-hydrogen) atoms. The van der Waals surface area contributed by atoms with Crippen LogP contribution in [0, 0.1) is 11.6 Å². The summed E-state index contributed by atoms with van der Waals surface area (Å²) in [7, 11) is 1.29. The van der Waals surface area contributed by atoms with Crippen LogP contribution in [0.15, 0.2) is 33.6 Å². The Morgan fingerprint density at radius 2 is 2.20 bits per heavy atom. The zero-order valence-corrected chi connectivity index (χ0v) is 13.6. The van der Waals surface area contributed by atoms with E-state index in [9.17, 15) is 18.4 Å². The highest BCUT2D eigenvalue weighted by atomic mass is 19.1. The predicted octanol–water partition coefficient (Wildman–Crippen LogP) is 2.80. The van der Waals surface area contributed by atoms with Crippen molar-refractivity contribution in [2.24, 2.45) is 0 Å². The maximum absolute atomic E-state index is 14.0. The molecule has 2 aromatic rings. The van der Waals surface area contributed by atoms with Crippen LogP contribution < -0.4 is 5.56 Å². The van der Waals surface area contributed by atoms with Gasteiger partial charge in [0.05, 0.1) is 7.11 Å². The van der Waals surface area contributed by atoms with Gasteiger partial charge in [0.2, 0.25) is 0 Å². The predicted molar refractivity (Wildman–Crippen MR) is 84.3 cm³/mol. The second-order valence-electron chi connectivity index (χ2n) is 6.09. The lowest BCUT2D eigenvalue weighted by Crippen LogP contribution is -2.46. The fourth-order valence-electron chi connectivity index (χ4n) is 3.30. The van der Waals surface area contributed by atoms with E-state index in [1.165, 1.54) is 30.2 Å². The first-order chi connectivity index (χ1) is 12.0. The first-order valence-electron chi connectivity index (χ1n) is 7.95. The molecule has 0 bridgehead atoms. The first kappa shape index (κ1) is 17.2. The monoisotopic (exact) mass is 352 g/mol. The second kappa shape index (κ2) is 7.08. The summed E-state index contributed by atoms with van der Waals surface area (Å²) in [6.07, 6.45) is 0.790. The number of nitrogens with one attached hydrogen (secondary N) is 1. The van der Waals surface area contributed by atoms with Crippen molar-refractivity contribution in [3.8, 4) is 0 Å². The van der Waals surface area contributed by atoms with Crippen LogP contribution in [0.5, 0.6) is 0 Å². The number of hydrogen-bond donors (Lipinski definition) is 1. The Kier molecular flexibility index (Phi) is 4.87. The number of amides is 1. The third kappa shape index (κ3) is 3.72. The molecule has 0 saturated carbocycles. The van der Waals surface area contributed by atoms with Crippen molar-refractivity contribution in [3.63, 3.8) is 0 Å². The van der Waals surface area contributed by atoms with Gasteiger partial charge in [-0.1, -0.05) is 6.07 Å². The number of carbonyl (C=O) groups is 1. The number of benzene rings is 1. The number of aromatic amines is 1. The molecule has 1 aromatic heterocycles. The van der Waals surface area contributed by atoms with Gasteiger partial charge < -0.3 is 14.2 Å². The van der Waals surface area contributed by atoms with Crippen molar-refractivity contribution in [1.82, 2.24) is 10.1 Å². The molecule has 1 N–H and O–H groups in total. The molecule has 1 fully saturated rings. The minimum Gasteiger partial charge on any atom is -0.453 e. The van der Waals surface area contributed by atoms with Crippen LogP contribution in [0.25, 0.3) is 0 Å². The number of piperidine rings is 1. The number of carbonyl (C=O) groups excluding carboxylic acids is 1. The smallest absolute Gasteiger partial charge is 0.409 e. The van der Waals surface area contributed by atoms with Gasteiger partial charge in [-0.05, 0) is 30.9 Å². The van der Waals surface area contributed by atoms with E-state index in [0.29, 0.717) is 30.7 Å². The second-order valence-corrected chi connectivity index (χ2v) is 6.09. The van der Waals surface area contributed by atoms with E-state index in [1.807, 2.05) is 0 Å². The van der Waals surface area contributed by atoms with Gasteiger partial charge in [-0.2, -0.15) is 5.16 Å². The Morgan fingerprint density at radius 1 is 1.40 bits per heavy atom. The van der Waals surface area contributed by atoms with E-state index < -0.39 is 17.7 Å². The number of likely N-dealkylation sites (tertiary alicyclic amines) is 1. The first-order valence-corrected chi connectivity index (χ1v) is 7.95. The fourth-order valence-corrected chi connectivity index (χ4v) is 3.30. The van der Waals surface area contributed by atoms with Crippen molar-refractivity contribution in [1.29, 1.82) is 0 Å². The third-order valence-corrected chi connectivity index (χ3v) is 4.54. The third-order valence-electron chi connectivity index (χ3n) is 4.54. The van der Waals surface area contributed by atoms with Gasteiger partial charge in [0.1, 0.15) is 17.4 Å². The number of methoxy groups -OCH3 is 1. The molecule has 0 spiro atoms. The highest BCUT2D eigenvalue weighted by molar-refractivity contribution is 5.68. The lowest BCUT2D eigenvalue weighted by Gasteiger charge is -2.38. The van der Waals surface area contributed by atoms with Gasteiger partial charge >= 0.3 is 6.09 Å². The number of nitrogens with zero attached hydrogens (tertiary/aromatic N) is 1. The molecule has 1 aromatic carbocycles. The molecular formula is C17H18F2N2O4. The molecule has 0 radical (unpaired) electrons. The molecule has 3 rings (SSSR count). The number of halogens is 2. The summed E-state index contributed by atoms with van der Waals surface area (Å²) in [6, 6.07) is 4.41. The molecule has 6 nitrogen and oxygen atoms in total. The summed E-state index contributed by atoms with van der Waals surface area (Å²) in [6.45, 7) is 0.389. The Balaban J connectivity index is 1.83. The summed E-state index contributed by atoms with van der Waals surface area (Å²) < 4.78 is 37.1. The van der Waals surface area contributed by atoms with E-state index in [0.717, 1.165) is 6.07 Å². The van der Waals surface area contributed by atoms with Gasteiger partial charge in [-0.15, -0.1) is 0 Å². The van der Waals surface area contributed by atoms with Crippen LogP contribution >= 0.6 is 0 Å². The maximum atomic E-state index is 14.0. The molecule has 0 aliphatic carbocycles. The Bertz CT molecular complexity index is 817. The van der Waals surface area contributed by atoms with Crippen molar-refractivity contribution in [2.45, 2.75) is 31.2 Å². The standard InChI is InChI=1S/C17H18F2N2O4/c1-24-17(23)21-5-4-11(15-9-16(22)20-25-15)7-13(21)6-10-2-3-12(18)8-14(10)19/h2-3,8-9,11,13H,4-7H2,1H3,(H,20,22)/t11-,13+/m0/s1. The summed E-state index contributed by atoms with van der Waals surface area (Å²) in [5.74, 6) is -0.866. The number of hydrogen-bond acceptors (Lipinski definition) is 4. The fraction of sp³-hybridized carbons (Fsp3) is 0.412. The van der Waals surface area contributed by atoms with Gasteiger partial charge in [0, 0.05) is 30.6 Å². The van der Waals surface area contributed by atoms with Crippen molar-refractivity contribution in [2.75, 3.05) is 13.7 Å². The summed E-state index contributed by atoms with van der Waals surface area (Å²) >= 11 is 0. The normalized spacial score (nSPS) is 20.5. The molecular weight excluding hydrogens is 334 g/mol. The van der Waals surface area contributed by atoms with E-state index in [4.69, 9.17) is 9.26 Å². The van der Waals surface area contributed by atoms with Crippen LogP contribution in [0.4, 0.5) is 13.6 Å². The molecule has 1 aliphatic heterocycles. The minimum atomic E-state index is -0.653. The number of rotatable bonds is 3. The molecule has 2 heterocycles. The molecule has 8 heteroatoms. The average molecular weight is 352 g/mol. The Morgan fingerprint density at radius 3 is 2.84 bits per heavy atom. The number of aromatic nitrogens is 1. The van der Waals surface area contributed by atoms with E-state index >= 15 is 0 Å². The Hall–Kier alpha value is -2.64. The molecule has 0 unspecified atom stereocenters. The zero-order chi connectivity index (χ0) is 18.0. The average Bonchev–Trinajstić information content (AvgIpc) is 3.03. The molecule has 1 amide bonds. The number of H-pyrrole nitrogens is 1. The Labute approximate surface area is 142 Å². The van der Waals surface area contributed by atoms with Crippen LogP contribution in [-0.4, -0.2) is 35.8 Å². The van der Waals surface area contributed by atoms with E-state index in [2.05, 4.69) is 5.16 Å². The van der Waals surface area contributed by atoms with Crippen molar-refractivity contribution >= 4 is 6.09 Å². The van der Waals surface area contributed by atoms with E-state index in [-0.39, 0.29) is 23.9 Å². The van der Waals surface area contributed by atoms with Crippen molar-refractivity contribution < 1.29 is 22.8 Å². The van der Waals surface area contributed by atoms with Crippen molar-refractivity contribution in [3.05, 3.63) is 57.6 Å². The molecule has 1 aliphatic rings. The van der Waals surface area contributed by atoms with Crippen LogP contribution in [0.1, 0.15) is 30.1 Å². The number of ether oxygens (including phenoxy) is 1. The highest BCUT2D eigenvalue weighted by Gasteiger charge is 2.34. The SMILES string of the molecule is COC(=O)N1CC[C@H](c2cc(=O)[nH]o2)C[C@H]1Cc1ccc(F)cc1F. The van der Waals surface area contributed by atoms with Crippen LogP contribution in [0.2, 0.25) is 0 Å². The highest BCUT2D eigenvalue weighted by Crippen LogP contribution is 2.33. The van der Waals surface area contributed by atoms with Gasteiger partial charge in [0.15, 0.2) is 0 Å². The van der Waals surface area contributed by atoms with Crippen LogP contribution in [-0.2, 0) is 11.2 Å². The summed E-state index contributed by atoms with van der Waals surface area (Å²) in [4.78, 5) is 24.8. The van der Waals surface area contributed by atoms with Crippen LogP contribution in [0.3, 0.4) is 0 Å². The maximum Gasteiger partial charge on any atom is 0.409 e. The molecule has 134 valence electrons. The van der Waals surface area contributed by atoms with Gasteiger partial charge in [-0.25, -0.2) is 13.6 Å². The molecule has 1 saturated heterocycles. The lowest BCUT2D eigenvalue weighted by atomic mass is 9.86. The molecule has 2 atom stereocenters. The summed E-state index contributed by atoms with van der Waals surface area (Å²) in [5.41, 5.74) is -0.0111. The zero-order valence-electron chi connectivity index (χ0n) is 13.6. The summed E-state index contributed by atoms with van der Waals surface area (Å²) in [5, 5.41) is 2.25. The van der Waals surface area contributed by atoms with Gasteiger partial charge in [-0.3, -0.25) is 4.79 Å². The lowest BCUT2D eigenvalue weighted by molar-refractivity contribution is 0.0814. The van der Waals surface area contributed by atoms with Gasteiger partial charge in [0.25, 0.3) is 5.56 Å². The minimum absolute atomic E-state index is 0.0756. The quantitative estimate of drug-likeness (QED) is 0.922. The van der Waals surface area contributed by atoms with E-state index in [1.54, 1.807) is 0 Å².